The van der Waals surface area contributed by atoms with Gasteiger partial charge < -0.3 is 10.6 Å². The Morgan fingerprint density at radius 2 is 2.00 bits per heavy atom. The molecule has 2 nitrogen and oxygen atoms in total. The molecule has 2 N–H and O–H groups in total. The molecule has 0 unspecified atom stereocenters. The average Bonchev–Trinajstić information content (AvgIpc) is 2.38. The molecule has 1 aliphatic rings. The van der Waals surface area contributed by atoms with Crippen LogP contribution >= 0.6 is 0 Å². The van der Waals surface area contributed by atoms with Gasteiger partial charge in [0.05, 0.1) is 0 Å². The maximum atomic E-state index is 3.65. The van der Waals surface area contributed by atoms with Crippen molar-refractivity contribution in [3.05, 3.63) is 29.3 Å². The van der Waals surface area contributed by atoms with Gasteiger partial charge in [0.1, 0.15) is 0 Å². The molecule has 18 heavy (non-hydrogen) atoms. The molecular formula is C16H26N2. The Bertz CT molecular complexity index is 379. The standard InChI is InChI=1S/C16H26N2/c1-12(2)15-5-4-13(3)16(10-15)18-11-14-6-8-17-9-7-14/h4-5,10,12,14,17-18H,6-9,11H2,1-3H3. The maximum Gasteiger partial charge on any atom is 0.0372 e. The Hall–Kier alpha value is -1.02. The molecule has 1 heterocycles. The van der Waals surface area contributed by atoms with Crippen molar-refractivity contribution in [1.82, 2.24) is 5.32 Å². The van der Waals surface area contributed by atoms with Gasteiger partial charge in [-0.3, -0.25) is 0 Å². The Labute approximate surface area is 111 Å². The number of aryl methyl sites for hydroxylation is 1. The van der Waals surface area contributed by atoms with Crippen molar-refractivity contribution in [2.24, 2.45) is 5.92 Å². The second kappa shape index (κ2) is 6.24. The van der Waals surface area contributed by atoms with Crippen molar-refractivity contribution in [3.63, 3.8) is 0 Å². The topological polar surface area (TPSA) is 24.1 Å². The van der Waals surface area contributed by atoms with Crippen molar-refractivity contribution in [2.75, 3.05) is 25.0 Å². The van der Waals surface area contributed by atoms with E-state index in [1.165, 1.54) is 42.7 Å². The van der Waals surface area contributed by atoms with Crippen LogP contribution in [-0.2, 0) is 0 Å². The van der Waals surface area contributed by atoms with Crippen molar-refractivity contribution < 1.29 is 0 Å². The predicted molar refractivity (Wildman–Crippen MR) is 79.4 cm³/mol. The second-order valence-electron chi connectivity index (χ2n) is 5.80. The monoisotopic (exact) mass is 246 g/mol. The van der Waals surface area contributed by atoms with Crippen molar-refractivity contribution in [3.8, 4) is 0 Å². The Balaban J connectivity index is 1.97. The first-order valence-electron chi connectivity index (χ1n) is 7.22. The molecule has 1 aromatic carbocycles. The number of rotatable bonds is 4. The van der Waals surface area contributed by atoms with Gasteiger partial charge in [-0.15, -0.1) is 0 Å². The summed E-state index contributed by atoms with van der Waals surface area (Å²) in [6.45, 7) is 10.2. The van der Waals surface area contributed by atoms with E-state index >= 15 is 0 Å². The van der Waals surface area contributed by atoms with Gasteiger partial charge in [-0.25, -0.2) is 0 Å². The highest BCUT2D eigenvalue weighted by atomic mass is 14.9. The van der Waals surface area contributed by atoms with Gasteiger partial charge in [-0.2, -0.15) is 0 Å². The maximum absolute atomic E-state index is 3.65. The van der Waals surface area contributed by atoms with Crippen LogP contribution < -0.4 is 10.6 Å². The van der Waals surface area contributed by atoms with E-state index in [0.29, 0.717) is 5.92 Å². The highest BCUT2D eigenvalue weighted by molar-refractivity contribution is 5.53. The molecule has 0 bridgehead atoms. The Morgan fingerprint density at radius 1 is 1.28 bits per heavy atom. The number of piperidine rings is 1. The molecule has 2 heteroatoms. The first-order chi connectivity index (χ1) is 8.66. The van der Waals surface area contributed by atoms with Gasteiger partial charge in [0, 0.05) is 12.2 Å². The minimum Gasteiger partial charge on any atom is -0.385 e. The zero-order chi connectivity index (χ0) is 13.0. The molecule has 0 aromatic heterocycles. The van der Waals surface area contributed by atoms with Crippen LogP contribution in [0.15, 0.2) is 18.2 Å². The summed E-state index contributed by atoms with van der Waals surface area (Å²) in [6, 6.07) is 6.80. The smallest absolute Gasteiger partial charge is 0.0372 e. The van der Waals surface area contributed by atoms with E-state index in [1.54, 1.807) is 0 Å². The molecule has 1 aromatic rings. The highest BCUT2D eigenvalue weighted by Gasteiger charge is 2.13. The average molecular weight is 246 g/mol. The van der Waals surface area contributed by atoms with Gasteiger partial charge >= 0.3 is 0 Å². The number of hydrogen-bond acceptors (Lipinski definition) is 2. The molecule has 0 radical (unpaired) electrons. The van der Waals surface area contributed by atoms with Gasteiger partial charge in [-0.05, 0) is 61.9 Å². The molecule has 1 saturated heterocycles. The molecule has 0 spiro atoms. The summed E-state index contributed by atoms with van der Waals surface area (Å²) < 4.78 is 0. The lowest BCUT2D eigenvalue weighted by molar-refractivity contribution is 0.390. The van der Waals surface area contributed by atoms with Crippen LogP contribution in [0.2, 0.25) is 0 Å². The fourth-order valence-corrected chi connectivity index (χ4v) is 2.53. The van der Waals surface area contributed by atoms with Gasteiger partial charge in [0.15, 0.2) is 0 Å². The molecule has 0 saturated carbocycles. The molecule has 0 aliphatic carbocycles. The minimum absolute atomic E-state index is 0.602. The zero-order valence-electron chi connectivity index (χ0n) is 11.9. The van der Waals surface area contributed by atoms with Crippen LogP contribution in [0, 0.1) is 12.8 Å². The van der Waals surface area contributed by atoms with E-state index < -0.39 is 0 Å². The molecule has 2 rings (SSSR count). The van der Waals surface area contributed by atoms with Crippen molar-refractivity contribution in [2.45, 2.75) is 39.5 Å². The van der Waals surface area contributed by atoms with Crippen LogP contribution in [0.5, 0.6) is 0 Å². The molecule has 100 valence electrons. The van der Waals surface area contributed by atoms with E-state index in [-0.39, 0.29) is 0 Å². The fraction of sp³-hybridized carbons (Fsp3) is 0.625. The normalized spacial score (nSPS) is 17.1. The van der Waals surface area contributed by atoms with E-state index in [9.17, 15) is 0 Å². The molecule has 1 fully saturated rings. The third kappa shape index (κ3) is 3.49. The van der Waals surface area contributed by atoms with Crippen LogP contribution in [0.3, 0.4) is 0 Å². The summed E-state index contributed by atoms with van der Waals surface area (Å²) in [6.07, 6.45) is 2.60. The lowest BCUT2D eigenvalue weighted by Crippen LogP contribution is -2.31. The molecular weight excluding hydrogens is 220 g/mol. The van der Waals surface area contributed by atoms with Crippen LogP contribution in [0.25, 0.3) is 0 Å². The predicted octanol–water partition coefficient (Wildman–Crippen LogP) is 3.53. The largest absolute Gasteiger partial charge is 0.385 e. The fourth-order valence-electron chi connectivity index (χ4n) is 2.53. The van der Waals surface area contributed by atoms with Crippen LogP contribution in [0.4, 0.5) is 5.69 Å². The summed E-state index contributed by atoms with van der Waals surface area (Å²) in [5, 5.41) is 7.07. The summed E-state index contributed by atoms with van der Waals surface area (Å²) in [7, 11) is 0. The minimum atomic E-state index is 0.602. The van der Waals surface area contributed by atoms with Crippen molar-refractivity contribution in [1.29, 1.82) is 0 Å². The van der Waals surface area contributed by atoms with E-state index in [4.69, 9.17) is 0 Å². The first-order valence-corrected chi connectivity index (χ1v) is 7.22. The highest BCUT2D eigenvalue weighted by Crippen LogP contribution is 2.23. The lowest BCUT2D eigenvalue weighted by atomic mass is 9.97. The van der Waals surface area contributed by atoms with Gasteiger partial charge in [0.25, 0.3) is 0 Å². The van der Waals surface area contributed by atoms with Crippen LogP contribution in [-0.4, -0.2) is 19.6 Å². The lowest BCUT2D eigenvalue weighted by Gasteiger charge is -2.24. The zero-order valence-corrected chi connectivity index (χ0v) is 11.9. The van der Waals surface area contributed by atoms with Crippen LogP contribution in [0.1, 0.15) is 43.7 Å². The third-order valence-corrected chi connectivity index (χ3v) is 3.97. The van der Waals surface area contributed by atoms with E-state index in [1.807, 2.05) is 0 Å². The van der Waals surface area contributed by atoms with E-state index in [0.717, 1.165) is 12.5 Å². The summed E-state index contributed by atoms with van der Waals surface area (Å²) in [5.74, 6) is 1.43. The first kappa shape index (κ1) is 13.4. The number of hydrogen-bond donors (Lipinski definition) is 2. The van der Waals surface area contributed by atoms with E-state index in [2.05, 4.69) is 49.6 Å². The molecule has 0 amide bonds. The second-order valence-corrected chi connectivity index (χ2v) is 5.80. The summed E-state index contributed by atoms with van der Waals surface area (Å²) in [4.78, 5) is 0. The Morgan fingerprint density at radius 3 is 2.67 bits per heavy atom. The quantitative estimate of drug-likeness (QED) is 0.849. The molecule has 0 atom stereocenters. The molecule has 1 aliphatic heterocycles. The Kier molecular flexibility index (Phi) is 4.65. The number of nitrogens with one attached hydrogen (secondary N) is 2. The number of anilines is 1. The van der Waals surface area contributed by atoms with Gasteiger partial charge in [-0.1, -0.05) is 26.0 Å². The SMILES string of the molecule is Cc1ccc(C(C)C)cc1NCC1CCNCC1. The van der Waals surface area contributed by atoms with Crippen molar-refractivity contribution >= 4 is 5.69 Å². The summed E-state index contributed by atoms with van der Waals surface area (Å²) >= 11 is 0. The summed E-state index contributed by atoms with van der Waals surface area (Å²) in [5.41, 5.74) is 4.10. The van der Waals surface area contributed by atoms with Gasteiger partial charge in [0.2, 0.25) is 0 Å². The third-order valence-electron chi connectivity index (χ3n) is 3.97. The number of benzene rings is 1.